The molecule has 0 saturated heterocycles. The van der Waals surface area contributed by atoms with Crippen LogP contribution in [0.15, 0.2) is 11.5 Å². The van der Waals surface area contributed by atoms with Crippen molar-refractivity contribution in [2.45, 2.75) is 24.9 Å². The Kier molecular flexibility index (Phi) is 8.04. The predicted octanol–water partition coefficient (Wildman–Crippen LogP) is 1.31. The zero-order valence-corrected chi connectivity index (χ0v) is 11.5. The molecule has 0 aliphatic carbocycles. The Morgan fingerprint density at radius 3 is 3.00 bits per heavy atom. The summed E-state index contributed by atoms with van der Waals surface area (Å²) in [7, 11) is 1.91. The number of nitrogens with one attached hydrogen (secondary N) is 1. The highest BCUT2D eigenvalue weighted by molar-refractivity contribution is 7.99. The van der Waals surface area contributed by atoms with E-state index in [0.29, 0.717) is 0 Å². The number of hydrogen-bond donors (Lipinski definition) is 1. The molecule has 6 heteroatoms. The minimum absolute atomic E-state index is 0.821. The van der Waals surface area contributed by atoms with E-state index in [1.165, 1.54) is 6.42 Å². The maximum atomic E-state index is 5.27. The Morgan fingerprint density at radius 2 is 2.29 bits per heavy atom. The van der Waals surface area contributed by atoms with Crippen LogP contribution in [0.4, 0.5) is 0 Å². The van der Waals surface area contributed by atoms with Gasteiger partial charge < -0.3 is 10.1 Å². The molecule has 0 radical (unpaired) electrons. The van der Waals surface area contributed by atoms with E-state index < -0.39 is 0 Å². The number of hydrogen-bond acceptors (Lipinski definition) is 5. The quantitative estimate of drug-likeness (QED) is 0.506. The summed E-state index contributed by atoms with van der Waals surface area (Å²) in [5.74, 6) is 1.03. The molecule has 1 N–H and O–H groups in total. The third-order valence-electron chi connectivity index (χ3n) is 2.28. The largest absolute Gasteiger partial charge is 0.382 e. The van der Waals surface area contributed by atoms with Crippen LogP contribution in [0.3, 0.4) is 0 Å². The van der Waals surface area contributed by atoms with E-state index in [9.17, 15) is 0 Å². The lowest BCUT2D eigenvalue weighted by Crippen LogP contribution is -2.19. The van der Waals surface area contributed by atoms with E-state index in [2.05, 4.69) is 15.4 Å². The Balaban J connectivity index is 1.86. The average Bonchev–Trinajstić information content (AvgIpc) is 2.73. The smallest absolute Gasteiger partial charge is 0.185 e. The molecule has 1 heterocycles. The van der Waals surface area contributed by atoms with E-state index in [0.717, 1.165) is 43.6 Å². The van der Waals surface area contributed by atoms with Crippen molar-refractivity contribution >= 4 is 11.8 Å². The van der Waals surface area contributed by atoms with Crippen molar-refractivity contribution in [1.29, 1.82) is 0 Å². The van der Waals surface area contributed by atoms with Crippen LogP contribution in [-0.4, -0.2) is 46.8 Å². The molecule has 0 bridgehead atoms. The van der Waals surface area contributed by atoms with E-state index in [1.807, 2.05) is 14.0 Å². The third-order valence-corrected chi connectivity index (χ3v) is 3.31. The summed E-state index contributed by atoms with van der Waals surface area (Å²) in [6.07, 6.45) is 3.90. The minimum atomic E-state index is 0.821. The summed E-state index contributed by atoms with van der Waals surface area (Å²) in [5.41, 5.74) is 0. The van der Waals surface area contributed by atoms with Crippen LogP contribution in [0.2, 0.25) is 0 Å². The van der Waals surface area contributed by atoms with E-state index in [4.69, 9.17) is 4.74 Å². The molecule has 1 aromatic rings. The van der Waals surface area contributed by atoms with Gasteiger partial charge in [0.05, 0.1) is 0 Å². The van der Waals surface area contributed by atoms with Crippen LogP contribution in [-0.2, 0) is 11.8 Å². The lowest BCUT2D eigenvalue weighted by molar-refractivity contribution is 0.143. The second-order valence-electron chi connectivity index (χ2n) is 3.67. The summed E-state index contributed by atoms with van der Waals surface area (Å²) in [4.78, 5) is 4.15. The molecule has 0 aliphatic heterocycles. The highest BCUT2D eigenvalue weighted by Gasteiger charge is 1.99. The van der Waals surface area contributed by atoms with Crippen molar-refractivity contribution in [2.24, 2.45) is 7.05 Å². The molecular formula is C11H22N4OS. The first-order valence-electron chi connectivity index (χ1n) is 6.10. The number of unbranched alkanes of at least 4 members (excludes halogenated alkanes) is 1. The molecule has 0 atom stereocenters. The standard InChI is InChI=1S/C11H22N4OS/c1-3-16-8-5-4-6-12-7-9-17-11-13-10-14-15(11)2/h10,12H,3-9H2,1-2H3. The molecule has 0 aliphatic rings. The first-order chi connectivity index (χ1) is 8.34. The van der Waals surface area contributed by atoms with Gasteiger partial charge in [0.1, 0.15) is 6.33 Å². The normalized spacial score (nSPS) is 10.9. The van der Waals surface area contributed by atoms with Gasteiger partial charge in [0.15, 0.2) is 5.16 Å². The summed E-state index contributed by atoms with van der Waals surface area (Å²) in [6.45, 7) is 5.80. The van der Waals surface area contributed by atoms with Crippen molar-refractivity contribution in [3.8, 4) is 0 Å². The lowest BCUT2D eigenvalue weighted by Gasteiger charge is -2.04. The maximum Gasteiger partial charge on any atom is 0.185 e. The maximum absolute atomic E-state index is 5.27. The van der Waals surface area contributed by atoms with Gasteiger partial charge in [0, 0.05) is 32.6 Å². The van der Waals surface area contributed by atoms with Gasteiger partial charge in [0.2, 0.25) is 0 Å². The Bertz CT molecular complexity index is 293. The number of nitrogens with zero attached hydrogens (tertiary/aromatic N) is 3. The molecule has 17 heavy (non-hydrogen) atoms. The van der Waals surface area contributed by atoms with Crippen LogP contribution in [0.1, 0.15) is 19.8 Å². The molecule has 0 fully saturated rings. The van der Waals surface area contributed by atoms with Crippen molar-refractivity contribution < 1.29 is 4.74 Å². The van der Waals surface area contributed by atoms with Crippen molar-refractivity contribution in [2.75, 3.05) is 32.1 Å². The summed E-state index contributed by atoms with van der Waals surface area (Å²) >= 11 is 1.73. The van der Waals surface area contributed by atoms with E-state index in [-0.39, 0.29) is 0 Å². The first kappa shape index (κ1) is 14.5. The van der Waals surface area contributed by atoms with Gasteiger partial charge >= 0.3 is 0 Å². The molecule has 98 valence electrons. The topological polar surface area (TPSA) is 52.0 Å². The second-order valence-corrected chi connectivity index (χ2v) is 4.73. The molecule has 0 spiro atoms. The van der Waals surface area contributed by atoms with Crippen molar-refractivity contribution in [3.63, 3.8) is 0 Å². The SMILES string of the molecule is CCOCCCCNCCSc1ncnn1C. The van der Waals surface area contributed by atoms with Gasteiger partial charge in [-0.3, -0.25) is 0 Å². The highest BCUT2D eigenvalue weighted by atomic mass is 32.2. The first-order valence-corrected chi connectivity index (χ1v) is 7.08. The predicted molar refractivity (Wildman–Crippen MR) is 70.3 cm³/mol. The van der Waals surface area contributed by atoms with Crippen LogP contribution in [0, 0.1) is 0 Å². The zero-order chi connectivity index (χ0) is 12.3. The Morgan fingerprint density at radius 1 is 1.41 bits per heavy atom. The van der Waals surface area contributed by atoms with Gasteiger partial charge in [-0.05, 0) is 26.3 Å². The molecule has 0 amide bonds. The summed E-state index contributed by atoms with van der Waals surface area (Å²) < 4.78 is 7.07. The molecule has 0 aromatic carbocycles. The number of aromatic nitrogens is 3. The third kappa shape index (κ3) is 6.65. The highest BCUT2D eigenvalue weighted by Crippen LogP contribution is 2.11. The zero-order valence-electron chi connectivity index (χ0n) is 10.7. The van der Waals surface area contributed by atoms with Crippen LogP contribution in [0.25, 0.3) is 0 Å². The Labute approximate surface area is 107 Å². The van der Waals surface area contributed by atoms with Crippen LogP contribution < -0.4 is 5.32 Å². The van der Waals surface area contributed by atoms with Crippen molar-refractivity contribution in [3.05, 3.63) is 6.33 Å². The summed E-state index contributed by atoms with van der Waals surface area (Å²) in [5, 5.41) is 8.41. The van der Waals surface area contributed by atoms with Gasteiger partial charge in [-0.1, -0.05) is 11.8 Å². The van der Waals surface area contributed by atoms with E-state index in [1.54, 1.807) is 22.8 Å². The molecule has 1 rings (SSSR count). The fourth-order valence-corrected chi connectivity index (χ4v) is 2.14. The molecule has 0 saturated carbocycles. The fraction of sp³-hybridized carbons (Fsp3) is 0.818. The molecule has 0 unspecified atom stereocenters. The fourth-order valence-electron chi connectivity index (χ4n) is 1.35. The average molecular weight is 258 g/mol. The van der Waals surface area contributed by atoms with Gasteiger partial charge in [-0.15, -0.1) is 0 Å². The van der Waals surface area contributed by atoms with Crippen LogP contribution >= 0.6 is 11.8 Å². The number of aryl methyl sites for hydroxylation is 1. The molecule has 5 nitrogen and oxygen atoms in total. The molecular weight excluding hydrogens is 236 g/mol. The number of rotatable bonds is 10. The Hall–Kier alpha value is -0.590. The number of thioether (sulfide) groups is 1. The van der Waals surface area contributed by atoms with Gasteiger partial charge in [-0.2, -0.15) is 5.10 Å². The van der Waals surface area contributed by atoms with Gasteiger partial charge in [0.25, 0.3) is 0 Å². The van der Waals surface area contributed by atoms with E-state index >= 15 is 0 Å². The molecule has 1 aromatic heterocycles. The van der Waals surface area contributed by atoms with Crippen LogP contribution in [0.5, 0.6) is 0 Å². The van der Waals surface area contributed by atoms with Crippen molar-refractivity contribution in [1.82, 2.24) is 20.1 Å². The number of ether oxygens (including phenoxy) is 1. The summed E-state index contributed by atoms with van der Waals surface area (Å²) in [6, 6.07) is 0. The monoisotopic (exact) mass is 258 g/mol. The second kappa shape index (κ2) is 9.44. The minimum Gasteiger partial charge on any atom is -0.382 e. The lowest BCUT2D eigenvalue weighted by atomic mass is 10.3. The van der Waals surface area contributed by atoms with Gasteiger partial charge in [-0.25, -0.2) is 9.67 Å².